The maximum Gasteiger partial charge on any atom is 0.348 e. The largest absolute Gasteiger partial charge is 0.505 e. The van der Waals surface area contributed by atoms with Gasteiger partial charge < -0.3 is 25.4 Å². The number of carbonyl (C=O) groups is 1. The van der Waals surface area contributed by atoms with Crippen molar-refractivity contribution in [2.45, 2.75) is 33.7 Å². The van der Waals surface area contributed by atoms with Crippen LogP contribution in [0.2, 0.25) is 0 Å². The molecule has 1 atom stereocenters. The number of benzene rings is 1. The molecule has 0 bridgehead atoms. The number of nitrogens with two attached hydrogens (primary N) is 1. The minimum Gasteiger partial charge on any atom is -0.505 e. The maximum absolute atomic E-state index is 13.5. The lowest BCUT2D eigenvalue weighted by atomic mass is 9.92. The van der Waals surface area contributed by atoms with Crippen LogP contribution >= 0.6 is 7.52 Å². The van der Waals surface area contributed by atoms with Crippen LogP contribution in [0.15, 0.2) is 34.0 Å². The molecule has 11 nitrogen and oxygen atoms in total. The highest BCUT2D eigenvalue weighted by Crippen LogP contribution is 2.51. The highest BCUT2D eigenvalue weighted by Gasteiger charge is 2.35. The van der Waals surface area contributed by atoms with Crippen molar-refractivity contribution in [3.05, 3.63) is 40.3 Å². The Morgan fingerprint density at radius 3 is 2.69 bits per heavy atom. The zero-order valence-corrected chi connectivity index (χ0v) is 19.2. The van der Waals surface area contributed by atoms with E-state index < -0.39 is 24.7 Å². The normalized spacial score (nSPS) is 17.8. The summed E-state index contributed by atoms with van der Waals surface area (Å²) < 4.78 is 29.3. The number of primary amides is 1. The number of aromatic nitrogens is 2. The van der Waals surface area contributed by atoms with Crippen LogP contribution in [0.3, 0.4) is 0 Å². The van der Waals surface area contributed by atoms with E-state index in [1.54, 1.807) is 6.07 Å². The zero-order valence-electron chi connectivity index (χ0n) is 18.3. The third-order valence-corrected chi connectivity index (χ3v) is 6.66. The first-order valence-corrected chi connectivity index (χ1v) is 11.4. The number of nitrogens with one attached hydrogen (secondary N) is 1. The van der Waals surface area contributed by atoms with E-state index in [9.17, 15) is 19.3 Å². The molecule has 3 rings (SSSR count). The van der Waals surface area contributed by atoms with E-state index in [1.807, 2.05) is 20.8 Å². The molecule has 12 heteroatoms. The second-order valence-electron chi connectivity index (χ2n) is 8.45. The summed E-state index contributed by atoms with van der Waals surface area (Å²) in [5, 5.41) is 17.5. The van der Waals surface area contributed by atoms with E-state index in [4.69, 9.17) is 15.0 Å². The van der Waals surface area contributed by atoms with Gasteiger partial charge in [0, 0.05) is 13.7 Å². The molecule has 1 aliphatic heterocycles. The lowest BCUT2D eigenvalue weighted by Crippen LogP contribution is -2.34. The van der Waals surface area contributed by atoms with E-state index >= 15 is 0 Å². The summed E-state index contributed by atoms with van der Waals surface area (Å²) in [6, 6.07) is 4.50. The van der Waals surface area contributed by atoms with Crippen LogP contribution in [-0.2, 0) is 20.4 Å². The average Bonchev–Trinajstić information content (AvgIpc) is 2.71. The van der Waals surface area contributed by atoms with Gasteiger partial charge in [-0.2, -0.15) is 9.86 Å². The molecule has 1 aromatic carbocycles. The number of hydrogen-bond acceptors (Lipinski definition) is 8. The van der Waals surface area contributed by atoms with Crippen LogP contribution in [-0.4, -0.2) is 40.3 Å². The van der Waals surface area contributed by atoms with E-state index in [1.165, 1.54) is 23.9 Å². The van der Waals surface area contributed by atoms with Gasteiger partial charge in [-0.25, -0.2) is 4.68 Å². The SMILES string of the molecule is COP1(=O)N=C(c2c(O)cnn(CCC(C)(C)C)c2=O)Nc2ccc(OCC(N)=O)cc21. The fourth-order valence-electron chi connectivity index (χ4n) is 2.99. The quantitative estimate of drug-likeness (QED) is 0.522. The number of rotatable bonds is 7. The summed E-state index contributed by atoms with van der Waals surface area (Å²) in [7, 11) is -2.60. The predicted octanol–water partition coefficient (Wildman–Crippen LogP) is 1.59. The first-order chi connectivity index (χ1) is 14.9. The van der Waals surface area contributed by atoms with Crippen molar-refractivity contribution in [1.82, 2.24) is 9.78 Å². The third kappa shape index (κ3) is 5.00. The molecule has 1 aromatic heterocycles. The molecule has 0 fully saturated rings. The molecule has 0 saturated carbocycles. The molecule has 4 N–H and O–H groups in total. The molecule has 2 aromatic rings. The Kier molecular flexibility index (Phi) is 6.43. The molecule has 172 valence electrons. The third-order valence-electron chi connectivity index (χ3n) is 4.72. The number of aromatic hydroxyl groups is 1. The maximum atomic E-state index is 13.5. The Hall–Kier alpha value is -3.17. The zero-order chi connectivity index (χ0) is 23.7. The number of aryl methyl sites for hydroxylation is 1. The Morgan fingerprint density at radius 1 is 1.34 bits per heavy atom. The van der Waals surface area contributed by atoms with Gasteiger partial charge in [0.2, 0.25) is 0 Å². The molecule has 0 radical (unpaired) electrons. The van der Waals surface area contributed by atoms with Crippen LogP contribution in [0.4, 0.5) is 5.69 Å². The van der Waals surface area contributed by atoms with Gasteiger partial charge in [-0.1, -0.05) is 20.8 Å². The fourth-order valence-corrected chi connectivity index (χ4v) is 4.51. The van der Waals surface area contributed by atoms with Gasteiger partial charge in [-0.15, -0.1) is 0 Å². The lowest BCUT2D eigenvalue weighted by Gasteiger charge is -2.25. The second kappa shape index (κ2) is 8.76. The van der Waals surface area contributed by atoms with Gasteiger partial charge >= 0.3 is 7.52 Å². The van der Waals surface area contributed by atoms with Crippen LogP contribution in [0.5, 0.6) is 11.5 Å². The van der Waals surface area contributed by atoms with Gasteiger partial charge in [0.05, 0.1) is 17.2 Å². The molecule has 2 heterocycles. The number of ether oxygens (including phenoxy) is 1. The minimum absolute atomic E-state index is 0.0290. The molecular weight excluding hydrogens is 437 g/mol. The summed E-state index contributed by atoms with van der Waals surface area (Å²) >= 11 is 0. The van der Waals surface area contributed by atoms with Gasteiger partial charge in [-0.05, 0) is 30.0 Å². The van der Waals surface area contributed by atoms with Gasteiger partial charge in [0.25, 0.3) is 11.5 Å². The first-order valence-electron chi connectivity index (χ1n) is 9.82. The Labute approximate surface area is 184 Å². The number of anilines is 1. The minimum atomic E-state index is -3.83. The van der Waals surface area contributed by atoms with Crippen molar-refractivity contribution in [3.63, 3.8) is 0 Å². The summed E-state index contributed by atoms with van der Waals surface area (Å²) in [6.45, 7) is 6.11. The van der Waals surface area contributed by atoms with Crippen LogP contribution in [0.25, 0.3) is 0 Å². The summed E-state index contributed by atoms with van der Waals surface area (Å²) in [5.41, 5.74) is 4.67. The monoisotopic (exact) mass is 463 g/mol. The van der Waals surface area contributed by atoms with E-state index in [2.05, 4.69) is 15.2 Å². The van der Waals surface area contributed by atoms with E-state index in [0.29, 0.717) is 18.7 Å². The van der Waals surface area contributed by atoms with Crippen molar-refractivity contribution < 1.29 is 23.7 Å². The van der Waals surface area contributed by atoms with Crippen molar-refractivity contribution in [1.29, 1.82) is 0 Å². The summed E-state index contributed by atoms with van der Waals surface area (Å²) in [5.74, 6) is -0.910. The summed E-state index contributed by atoms with van der Waals surface area (Å²) in [4.78, 5) is 24.0. The van der Waals surface area contributed by atoms with E-state index in [-0.39, 0.29) is 34.5 Å². The molecule has 1 amide bonds. The number of fused-ring (bicyclic) bond motifs is 1. The predicted molar refractivity (Wildman–Crippen MR) is 120 cm³/mol. The lowest BCUT2D eigenvalue weighted by molar-refractivity contribution is -0.119. The topological polar surface area (TPSA) is 158 Å². The molecule has 1 unspecified atom stereocenters. The first kappa shape index (κ1) is 23.5. The number of amidine groups is 1. The Morgan fingerprint density at radius 2 is 2.06 bits per heavy atom. The fraction of sp³-hybridized carbons (Fsp3) is 0.400. The van der Waals surface area contributed by atoms with Crippen molar-refractivity contribution in [2.75, 3.05) is 19.0 Å². The molecular formula is C20H26N5O6P. The molecule has 0 aliphatic carbocycles. The molecule has 0 saturated heterocycles. The Bertz CT molecular complexity index is 1180. The Balaban J connectivity index is 2.03. The van der Waals surface area contributed by atoms with Gasteiger partial charge in [-0.3, -0.25) is 14.2 Å². The van der Waals surface area contributed by atoms with Crippen molar-refractivity contribution >= 4 is 30.3 Å². The van der Waals surface area contributed by atoms with Gasteiger partial charge in [0.15, 0.2) is 18.2 Å². The van der Waals surface area contributed by atoms with E-state index in [0.717, 1.165) is 6.20 Å². The molecule has 32 heavy (non-hydrogen) atoms. The van der Waals surface area contributed by atoms with Crippen LogP contribution in [0.1, 0.15) is 32.8 Å². The molecule has 1 aliphatic rings. The van der Waals surface area contributed by atoms with Crippen LogP contribution < -0.4 is 26.7 Å². The average molecular weight is 463 g/mol. The number of hydrogen-bond donors (Lipinski definition) is 3. The number of nitrogens with zero attached hydrogens (tertiary/aromatic N) is 3. The number of amides is 1. The highest BCUT2D eigenvalue weighted by atomic mass is 31.2. The van der Waals surface area contributed by atoms with Crippen molar-refractivity contribution in [3.8, 4) is 11.5 Å². The smallest absolute Gasteiger partial charge is 0.348 e. The number of carbonyl (C=O) groups excluding carboxylic acids is 1. The standard InChI is InChI=1S/C20H26N5O6P/c1-20(2,3)7-8-25-19(28)17(14(26)10-22-25)18-23-13-6-5-12(31-11-16(21)27)9-15(13)32(29,24-18)30-4/h5-6,9-10,26H,7-8,11H2,1-4H3,(H2,21,27)(H,23,24,29). The van der Waals surface area contributed by atoms with Crippen molar-refractivity contribution in [2.24, 2.45) is 15.9 Å². The van der Waals surface area contributed by atoms with Gasteiger partial charge in [0.1, 0.15) is 11.3 Å². The second-order valence-corrected chi connectivity index (χ2v) is 10.5. The molecule has 0 spiro atoms. The summed E-state index contributed by atoms with van der Waals surface area (Å²) in [6.07, 6.45) is 1.83. The highest BCUT2D eigenvalue weighted by molar-refractivity contribution is 7.66. The van der Waals surface area contributed by atoms with Crippen LogP contribution in [0, 0.1) is 5.41 Å².